The topological polar surface area (TPSA) is 63.6 Å². The normalized spacial score (nSPS) is 11.9. The average molecular weight is 236 g/mol. The molecule has 92 valence electrons. The minimum Gasteiger partial charge on any atom is -0.494 e. The van der Waals surface area contributed by atoms with Crippen LogP contribution in [0.15, 0.2) is 18.2 Å². The van der Waals surface area contributed by atoms with Gasteiger partial charge in [0.15, 0.2) is 5.78 Å². The molecule has 0 fully saturated rings. The van der Waals surface area contributed by atoms with Crippen molar-refractivity contribution in [1.29, 1.82) is 0 Å². The summed E-state index contributed by atoms with van der Waals surface area (Å²) in [5, 5.41) is 8.78. The van der Waals surface area contributed by atoms with Gasteiger partial charge in [-0.2, -0.15) is 0 Å². The van der Waals surface area contributed by atoms with E-state index in [0.717, 1.165) is 5.56 Å². The Morgan fingerprint density at radius 3 is 2.53 bits per heavy atom. The van der Waals surface area contributed by atoms with Crippen LogP contribution in [0, 0.1) is 12.8 Å². The highest BCUT2D eigenvalue weighted by molar-refractivity contribution is 6.08. The zero-order chi connectivity index (χ0) is 13.0. The van der Waals surface area contributed by atoms with E-state index in [4.69, 9.17) is 9.84 Å². The molecular formula is C13H16O4. The van der Waals surface area contributed by atoms with Gasteiger partial charge in [0, 0.05) is 5.56 Å². The standard InChI is InChI=1S/C13H16O4/c1-4-17-11-6-5-10(7-8(11)2)12(14)9(3)13(15)16/h5-7,9H,4H2,1-3H3,(H,15,16). The Kier molecular flexibility index (Phi) is 4.26. The number of hydrogen-bond donors (Lipinski definition) is 1. The number of carbonyl (C=O) groups excluding carboxylic acids is 1. The number of carboxylic acids is 1. The molecule has 1 atom stereocenters. The van der Waals surface area contributed by atoms with Crippen molar-refractivity contribution >= 4 is 11.8 Å². The first-order chi connectivity index (χ1) is 7.97. The molecule has 1 N–H and O–H groups in total. The molecule has 0 saturated carbocycles. The summed E-state index contributed by atoms with van der Waals surface area (Å²) in [4.78, 5) is 22.5. The molecule has 4 heteroatoms. The fourth-order valence-electron chi connectivity index (χ4n) is 1.48. The van der Waals surface area contributed by atoms with Crippen LogP contribution < -0.4 is 4.74 Å². The van der Waals surface area contributed by atoms with Gasteiger partial charge < -0.3 is 9.84 Å². The van der Waals surface area contributed by atoms with E-state index in [1.165, 1.54) is 6.92 Å². The Labute approximate surface area is 100 Å². The molecule has 0 amide bonds. The Balaban J connectivity index is 2.97. The largest absolute Gasteiger partial charge is 0.494 e. The van der Waals surface area contributed by atoms with Crippen LogP contribution in [0.4, 0.5) is 0 Å². The SMILES string of the molecule is CCOc1ccc(C(=O)C(C)C(=O)O)cc1C. The van der Waals surface area contributed by atoms with Crippen LogP contribution in [-0.4, -0.2) is 23.5 Å². The number of ketones is 1. The van der Waals surface area contributed by atoms with Gasteiger partial charge >= 0.3 is 5.97 Å². The second kappa shape index (κ2) is 5.48. The lowest BCUT2D eigenvalue weighted by Gasteiger charge is -2.10. The van der Waals surface area contributed by atoms with Crippen molar-refractivity contribution in [1.82, 2.24) is 0 Å². The smallest absolute Gasteiger partial charge is 0.314 e. The summed E-state index contributed by atoms with van der Waals surface area (Å²) in [6.45, 7) is 5.65. The molecule has 0 radical (unpaired) electrons. The van der Waals surface area contributed by atoms with E-state index in [9.17, 15) is 9.59 Å². The number of carbonyl (C=O) groups is 2. The molecule has 1 aromatic rings. The van der Waals surface area contributed by atoms with E-state index >= 15 is 0 Å². The Hall–Kier alpha value is -1.84. The molecule has 4 nitrogen and oxygen atoms in total. The molecular weight excluding hydrogens is 220 g/mol. The van der Waals surface area contributed by atoms with E-state index in [2.05, 4.69) is 0 Å². The highest BCUT2D eigenvalue weighted by atomic mass is 16.5. The number of Topliss-reactive ketones (excluding diaryl/α,β-unsaturated/α-hetero) is 1. The van der Waals surface area contributed by atoms with E-state index in [0.29, 0.717) is 17.9 Å². The minimum atomic E-state index is -1.11. The summed E-state index contributed by atoms with van der Waals surface area (Å²) in [6, 6.07) is 4.95. The number of benzene rings is 1. The molecule has 1 rings (SSSR count). The fraction of sp³-hybridized carbons (Fsp3) is 0.385. The number of aryl methyl sites for hydroxylation is 1. The van der Waals surface area contributed by atoms with Crippen molar-refractivity contribution in [3.8, 4) is 5.75 Å². The van der Waals surface area contributed by atoms with Crippen LogP contribution in [0.25, 0.3) is 0 Å². The highest BCUT2D eigenvalue weighted by Gasteiger charge is 2.22. The van der Waals surface area contributed by atoms with Gasteiger partial charge in [0.1, 0.15) is 11.7 Å². The maximum atomic E-state index is 11.8. The van der Waals surface area contributed by atoms with Crippen molar-refractivity contribution in [2.45, 2.75) is 20.8 Å². The van der Waals surface area contributed by atoms with Gasteiger partial charge in [-0.25, -0.2) is 0 Å². The van der Waals surface area contributed by atoms with Crippen molar-refractivity contribution in [2.24, 2.45) is 5.92 Å². The Morgan fingerprint density at radius 1 is 1.41 bits per heavy atom. The van der Waals surface area contributed by atoms with Gasteiger partial charge in [0.05, 0.1) is 6.61 Å². The van der Waals surface area contributed by atoms with Crippen molar-refractivity contribution < 1.29 is 19.4 Å². The first-order valence-electron chi connectivity index (χ1n) is 5.47. The second-order valence-electron chi connectivity index (χ2n) is 3.84. The monoisotopic (exact) mass is 236 g/mol. The van der Waals surface area contributed by atoms with Gasteiger partial charge in [0.2, 0.25) is 0 Å². The lowest BCUT2D eigenvalue weighted by molar-refractivity contribution is -0.139. The zero-order valence-electron chi connectivity index (χ0n) is 10.2. The summed E-state index contributed by atoms with van der Waals surface area (Å²) in [5.41, 5.74) is 1.23. The molecule has 0 heterocycles. The maximum absolute atomic E-state index is 11.8. The predicted octanol–water partition coefficient (Wildman–Crippen LogP) is 2.30. The number of ether oxygens (including phenoxy) is 1. The molecule has 0 aliphatic rings. The van der Waals surface area contributed by atoms with Gasteiger partial charge in [0.25, 0.3) is 0 Å². The molecule has 0 aromatic heterocycles. The predicted molar refractivity (Wildman–Crippen MR) is 63.5 cm³/mol. The molecule has 1 aromatic carbocycles. The number of aliphatic carboxylic acids is 1. The van der Waals surface area contributed by atoms with E-state index in [-0.39, 0.29) is 5.78 Å². The van der Waals surface area contributed by atoms with Gasteiger partial charge in [-0.3, -0.25) is 9.59 Å². The number of carboxylic acid groups (broad SMARTS) is 1. The number of hydrogen-bond acceptors (Lipinski definition) is 3. The Morgan fingerprint density at radius 2 is 2.06 bits per heavy atom. The van der Waals surface area contributed by atoms with Gasteiger partial charge in [-0.15, -0.1) is 0 Å². The third-order valence-corrected chi connectivity index (χ3v) is 2.52. The van der Waals surface area contributed by atoms with Crippen LogP contribution in [-0.2, 0) is 4.79 Å². The Bertz CT molecular complexity index is 437. The highest BCUT2D eigenvalue weighted by Crippen LogP contribution is 2.20. The van der Waals surface area contributed by atoms with Crippen LogP contribution in [0.1, 0.15) is 29.8 Å². The lowest BCUT2D eigenvalue weighted by Crippen LogP contribution is -2.20. The molecule has 0 spiro atoms. The van der Waals surface area contributed by atoms with E-state index in [1.54, 1.807) is 18.2 Å². The molecule has 17 heavy (non-hydrogen) atoms. The first kappa shape index (κ1) is 13.2. The molecule has 0 saturated heterocycles. The average Bonchev–Trinajstić information content (AvgIpc) is 2.30. The molecule has 0 bridgehead atoms. The summed E-state index contributed by atoms with van der Waals surface area (Å²) in [7, 11) is 0. The van der Waals surface area contributed by atoms with Crippen molar-refractivity contribution in [3.63, 3.8) is 0 Å². The fourth-order valence-corrected chi connectivity index (χ4v) is 1.48. The zero-order valence-corrected chi connectivity index (χ0v) is 10.2. The maximum Gasteiger partial charge on any atom is 0.314 e. The van der Waals surface area contributed by atoms with Crippen LogP contribution in [0.3, 0.4) is 0 Å². The second-order valence-corrected chi connectivity index (χ2v) is 3.84. The first-order valence-corrected chi connectivity index (χ1v) is 5.47. The van der Waals surface area contributed by atoms with Crippen molar-refractivity contribution in [3.05, 3.63) is 29.3 Å². The van der Waals surface area contributed by atoms with Crippen molar-refractivity contribution in [2.75, 3.05) is 6.61 Å². The summed E-state index contributed by atoms with van der Waals surface area (Å²) >= 11 is 0. The molecule has 1 unspecified atom stereocenters. The number of rotatable bonds is 5. The van der Waals surface area contributed by atoms with Crippen LogP contribution in [0.5, 0.6) is 5.75 Å². The van der Waals surface area contributed by atoms with E-state index < -0.39 is 11.9 Å². The van der Waals surface area contributed by atoms with Crippen LogP contribution >= 0.6 is 0 Å². The minimum absolute atomic E-state index is 0.386. The quantitative estimate of drug-likeness (QED) is 0.629. The van der Waals surface area contributed by atoms with Gasteiger partial charge in [-0.1, -0.05) is 0 Å². The molecule has 0 aliphatic carbocycles. The van der Waals surface area contributed by atoms with Crippen LogP contribution in [0.2, 0.25) is 0 Å². The summed E-state index contributed by atoms with van der Waals surface area (Å²) in [5.74, 6) is -1.80. The van der Waals surface area contributed by atoms with Gasteiger partial charge in [-0.05, 0) is 44.5 Å². The molecule has 0 aliphatic heterocycles. The third kappa shape index (κ3) is 3.06. The van der Waals surface area contributed by atoms with E-state index in [1.807, 2.05) is 13.8 Å². The summed E-state index contributed by atoms with van der Waals surface area (Å²) in [6.07, 6.45) is 0. The third-order valence-electron chi connectivity index (χ3n) is 2.52. The summed E-state index contributed by atoms with van der Waals surface area (Å²) < 4.78 is 5.35. The lowest BCUT2D eigenvalue weighted by atomic mass is 9.98.